The predicted molar refractivity (Wildman–Crippen MR) is 73.8 cm³/mol. The number of aromatic nitrogens is 2. The van der Waals surface area contributed by atoms with Gasteiger partial charge in [-0.25, -0.2) is 0 Å². The van der Waals surface area contributed by atoms with E-state index in [0.29, 0.717) is 23.4 Å². The van der Waals surface area contributed by atoms with E-state index in [1.165, 1.54) is 11.8 Å². The normalized spacial score (nSPS) is 13.8. The van der Waals surface area contributed by atoms with Crippen LogP contribution in [0.3, 0.4) is 0 Å². The maximum absolute atomic E-state index is 10.9. The molecule has 0 aliphatic carbocycles. The average Bonchev–Trinajstić information content (AvgIpc) is 2.72. The summed E-state index contributed by atoms with van der Waals surface area (Å²) in [6.45, 7) is 7.75. The Kier molecular flexibility index (Phi) is 5.37. The van der Waals surface area contributed by atoms with Crippen LogP contribution in [0.15, 0.2) is 4.52 Å². The van der Waals surface area contributed by atoms with Crippen LogP contribution in [0.25, 0.3) is 0 Å². The first-order chi connectivity index (χ1) is 8.72. The molecule has 0 saturated carbocycles. The molecule has 108 valence electrons. The highest BCUT2D eigenvalue weighted by molar-refractivity contribution is 7.99. The van der Waals surface area contributed by atoms with Gasteiger partial charge in [-0.15, -0.1) is 11.8 Å². The molecule has 0 aromatic carbocycles. The molecule has 1 heterocycles. The molecule has 19 heavy (non-hydrogen) atoms. The zero-order valence-corrected chi connectivity index (χ0v) is 12.5. The third-order valence-corrected chi connectivity index (χ3v) is 4.07. The molecule has 0 aliphatic rings. The van der Waals surface area contributed by atoms with E-state index in [1.54, 1.807) is 13.8 Å². The van der Waals surface area contributed by atoms with Crippen LogP contribution in [0.4, 0.5) is 0 Å². The smallest absolute Gasteiger partial charge is 0.321 e. The molecular formula is C12H21N3O3S. The Morgan fingerprint density at radius 3 is 2.68 bits per heavy atom. The molecule has 0 aliphatic heterocycles. The van der Waals surface area contributed by atoms with Gasteiger partial charge >= 0.3 is 5.97 Å². The molecule has 1 atom stereocenters. The third-order valence-electron chi connectivity index (χ3n) is 2.68. The van der Waals surface area contributed by atoms with Crippen molar-refractivity contribution in [2.45, 2.75) is 50.7 Å². The van der Waals surface area contributed by atoms with Crippen molar-refractivity contribution >= 4 is 17.7 Å². The van der Waals surface area contributed by atoms with Crippen LogP contribution in [0, 0.1) is 5.92 Å². The molecule has 7 heteroatoms. The highest BCUT2D eigenvalue weighted by Gasteiger charge is 2.33. The Hall–Kier alpha value is -1.08. The Labute approximate surface area is 117 Å². The van der Waals surface area contributed by atoms with Gasteiger partial charge < -0.3 is 15.4 Å². The molecule has 6 nitrogen and oxygen atoms in total. The van der Waals surface area contributed by atoms with Gasteiger partial charge in [0.25, 0.3) is 0 Å². The van der Waals surface area contributed by atoms with Crippen molar-refractivity contribution < 1.29 is 14.4 Å². The second-order valence-corrected chi connectivity index (χ2v) is 7.04. The fraction of sp³-hybridized carbons (Fsp3) is 0.750. The average molecular weight is 287 g/mol. The number of hydrogen-bond donors (Lipinski definition) is 2. The summed E-state index contributed by atoms with van der Waals surface area (Å²) in [7, 11) is 0. The predicted octanol–water partition coefficient (Wildman–Crippen LogP) is 1.69. The Morgan fingerprint density at radius 2 is 2.16 bits per heavy atom. The summed E-state index contributed by atoms with van der Waals surface area (Å²) in [6.07, 6.45) is 0.770. The lowest BCUT2D eigenvalue weighted by Gasteiger charge is -2.27. The van der Waals surface area contributed by atoms with E-state index >= 15 is 0 Å². The Morgan fingerprint density at radius 1 is 1.53 bits per heavy atom. The van der Waals surface area contributed by atoms with Crippen molar-refractivity contribution in [2.75, 3.05) is 0 Å². The minimum atomic E-state index is -1.01. The number of carboxylic acid groups (broad SMARTS) is 1. The summed E-state index contributed by atoms with van der Waals surface area (Å²) in [5, 5.41) is 12.8. The molecular weight excluding hydrogens is 266 g/mol. The first-order valence-corrected chi connectivity index (χ1v) is 7.14. The zero-order valence-electron chi connectivity index (χ0n) is 11.7. The zero-order chi connectivity index (χ0) is 14.6. The molecule has 0 saturated heterocycles. The number of hydrogen-bond acceptors (Lipinski definition) is 6. The molecule has 0 unspecified atom stereocenters. The minimum Gasteiger partial charge on any atom is -0.480 e. The fourth-order valence-corrected chi connectivity index (χ4v) is 2.32. The van der Waals surface area contributed by atoms with Crippen LogP contribution in [0.1, 0.15) is 39.4 Å². The topological polar surface area (TPSA) is 102 Å². The lowest BCUT2D eigenvalue weighted by atomic mass is 10.1. The number of nitrogens with zero attached hydrogens (tertiary/aromatic N) is 2. The number of rotatable bonds is 7. The van der Waals surface area contributed by atoms with Crippen LogP contribution in [-0.2, 0) is 17.0 Å². The monoisotopic (exact) mass is 287 g/mol. The van der Waals surface area contributed by atoms with Gasteiger partial charge in [0, 0.05) is 11.2 Å². The molecule has 1 aromatic rings. The van der Waals surface area contributed by atoms with Crippen LogP contribution in [0.5, 0.6) is 0 Å². The SMILES string of the molecule is CC(C)Cc1noc(CSC(C)(C)[C@H](N)C(=O)O)n1. The van der Waals surface area contributed by atoms with Crippen molar-refractivity contribution in [2.24, 2.45) is 11.7 Å². The molecule has 0 radical (unpaired) electrons. The molecule has 1 rings (SSSR count). The summed E-state index contributed by atoms with van der Waals surface area (Å²) < 4.78 is 4.53. The van der Waals surface area contributed by atoms with E-state index in [0.717, 1.165) is 6.42 Å². The lowest BCUT2D eigenvalue weighted by molar-refractivity contribution is -0.139. The second kappa shape index (κ2) is 6.38. The quantitative estimate of drug-likeness (QED) is 0.786. The van der Waals surface area contributed by atoms with Crippen molar-refractivity contribution in [3.05, 3.63) is 11.7 Å². The van der Waals surface area contributed by atoms with Crippen molar-refractivity contribution in [1.82, 2.24) is 10.1 Å². The number of nitrogens with two attached hydrogens (primary N) is 1. The maximum Gasteiger partial charge on any atom is 0.321 e. The standard InChI is InChI=1S/C12H21N3O3S/c1-7(2)5-8-14-9(18-15-8)6-19-12(3,4)10(13)11(16)17/h7,10H,5-6,13H2,1-4H3,(H,16,17)/t10-/m1/s1. The second-order valence-electron chi connectivity index (χ2n) is 5.41. The third kappa shape index (κ3) is 4.83. The van der Waals surface area contributed by atoms with Crippen LogP contribution >= 0.6 is 11.8 Å². The van der Waals surface area contributed by atoms with Crippen molar-refractivity contribution in [3.63, 3.8) is 0 Å². The number of carbonyl (C=O) groups is 1. The number of carboxylic acids is 1. The molecule has 0 spiro atoms. The molecule has 0 bridgehead atoms. The van der Waals surface area contributed by atoms with Gasteiger partial charge in [-0.1, -0.05) is 19.0 Å². The van der Waals surface area contributed by atoms with E-state index in [1.807, 2.05) is 0 Å². The van der Waals surface area contributed by atoms with Gasteiger partial charge in [0.2, 0.25) is 5.89 Å². The fourth-order valence-electron chi connectivity index (χ4n) is 1.43. The molecule has 0 amide bonds. The molecule has 0 fully saturated rings. The summed E-state index contributed by atoms with van der Waals surface area (Å²) in [6, 6.07) is -0.935. The molecule has 1 aromatic heterocycles. The van der Waals surface area contributed by atoms with Crippen LogP contribution in [-0.4, -0.2) is 32.0 Å². The van der Waals surface area contributed by atoms with Gasteiger partial charge in [0.1, 0.15) is 6.04 Å². The largest absolute Gasteiger partial charge is 0.480 e. The Bertz CT molecular complexity index is 432. The van der Waals surface area contributed by atoms with Crippen molar-refractivity contribution in [3.8, 4) is 0 Å². The van der Waals surface area contributed by atoms with Gasteiger partial charge in [0.05, 0.1) is 5.75 Å². The van der Waals surface area contributed by atoms with E-state index in [9.17, 15) is 4.79 Å². The van der Waals surface area contributed by atoms with Crippen molar-refractivity contribution in [1.29, 1.82) is 0 Å². The summed E-state index contributed by atoms with van der Waals surface area (Å²) >= 11 is 1.40. The summed E-state index contributed by atoms with van der Waals surface area (Å²) in [5.41, 5.74) is 5.64. The minimum absolute atomic E-state index is 0.457. The number of thioether (sulfide) groups is 1. The van der Waals surface area contributed by atoms with E-state index in [2.05, 4.69) is 24.0 Å². The van der Waals surface area contributed by atoms with Gasteiger partial charge in [0.15, 0.2) is 5.82 Å². The van der Waals surface area contributed by atoms with Gasteiger partial charge in [-0.2, -0.15) is 4.98 Å². The highest BCUT2D eigenvalue weighted by Crippen LogP contribution is 2.30. The van der Waals surface area contributed by atoms with E-state index < -0.39 is 16.8 Å². The first-order valence-electron chi connectivity index (χ1n) is 6.16. The van der Waals surface area contributed by atoms with Gasteiger partial charge in [-0.05, 0) is 19.8 Å². The first kappa shape index (κ1) is 16.0. The maximum atomic E-state index is 10.9. The molecule has 3 N–H and O–H groups in total. The van der Waals surface area contributed by atoms with E-state index in [-0.39, 0.29) is 0 Å². The van der Waals surface area contributed by atoms with Crippen LogP contribution < -0.4 is 5.73 Å². The lowest BCUT2D eigenvalue weighted by Crippen LogP contribution is -2.46. The summed E-state index contributed by atoms with van der Waals surface area (Å²) in [5.74, 6) is 1.11. The van der Waals surface area contributed by atoms with E-state index in [4.69, 9.17) is 15.4 Å². The van der Waals surface area contributed by atoms with Crippen LogP contribution in [0.2, 0.25) is 0 Å². The highest BCUT2D eigenvalue weighted by atomic mass is 32.2. The van der Waals surface area contributed by atoms with Gasteiger partial charge in [-0.3, -0.25) is 4.79 Å². The summed E-state index contributed by atoms with van der Waals surface area (Å²) in [4.78, 5) is 15.2. The number of aliphatic carboxylic acids is 1. The Balaban J connectivity index is 2.56.